The zero-order valence-electron chi connectivity index (χ0n) is 30.2. The van der Waals surface area contributed by atoms with E-state index in [1.807, 2.05) is 0 Å². The predicted octanol–water partition coefficient (Wildman–Crippen LogP) is 14.1. The maximum atomic E-state index is 3.38. The van der Waals surface area contributed by atoms with E-state index < -0.39 is 0 Å². The Balaban J connectivity index is 0.000000420. The molecule has 6 aromatic carbocycles. The summed E-state index contributed by atoms with van der Waals surface area (Å²) in [7, 11) is 0. The first-order valence-electron chi connectivity index (χ1n) is 16.6. The van der Waals surface area contributed by atoms with Crippen molar-refractivity contribution in [3.8, 4) is 22.3 Å². The zero-order chi connectivity index (χ0) is 32.8. The van der Waals surface area contributed by atoms with Gasteiger partial charge in [-0.25, -0.2) is 0 Å². The predicted molar refractivity (Wildman–Crippen MR) is 216 cm³/mol. The van der Waals surface area contributed by atoms with Gasteiger partial charge in [0.05, 0.1) is 0 Å². The molecule has 0 aliphatic heterocycles. The molecule has 0 bridgehead atoms. The molecule has 0 aliphatic rings. The molecule has 0 atom stereocenters. The summed E-state index contributed by atoms with van der Waals surface area (Å²) in [5.74, 6) is 0. The zero-order valence-corrected chi connectivity index (χ0v) is 35.5. The van der Waals surface area contributed by atoms with Crippen molar-refractivity contribution in [1.29, 1.82) is 0 Å². The second-order valence-electron chi connectivity index (χ2n) is 14.1. The summed E-state index contributed by atoms with van der Waals surface area (Å²) in [6.07, 6.45) is 2.93. The van der Waals surface area contributed by atoms with Gasteiger partial charge in [-0.3, -0.25) is 0 Å². The number of hydrogen-bond donors (Lipinski definition) is 0. The van der Waals surface area contributed by atoms with Gasteiger partial charge in [0.25, 0.3) is 0 Å². The fourth-order valence-electron chi connectivity index (χ4n) is 5.68. The Morgan fingerprint density at radius 2 is 0.833 bits per heavy atom. The summed E-state index contributed by atoms with van der Waals surface area (Å²) in [6, 6.07) is 40.6. The van der Waals surface area contributed by atoms with Crippen LogP contribution in [-0.4, -0.2) is 0 Å². The van der Waals surface area contributed by atoms with Crippen LogP contribution < -0.4 is 0 Å². The van der Waals surface area contributed by atoms with Crippen molar-refractivity contribution in [3.63, 3.8) is 0 Å². The van der Waals surface area contributed by atoms with Crippen molar-refractivity contribution in [2.24, 2.45) is 0 Å². The molecule has 0 saturated carbocycles. The molecule has 0 heterocycles. The fourth-order valence-corrected chi connectivity index (χ4v) is 5.68. The van der Waals surface area contributed by atoms with Crippen LogP contribution in [0.2, 0.25) is 0 Å². The Morgan fingerprint density at radius 3 is 1.10 bits per heavy atom. The van der Waals surface area contributed by atoms with Gasteiger partial charge < -0.3 is 20.3 Å². The van der Waals surface area contributed by atoms with E-state index in [1.165, 1.54) is 66.1 Å². The van der Waals surface area contributed by atoms with E-state index in [4.69, 9.17) is 0 Å². The van der Waals surface area contributed by atoms with Gasteiger partial charge >= 0.3 is 25.8 Å². The molecule has 0 aromatic heterocycles. The van der Waals surface area contributed by atoms with E-state index in [2.05, 4.69) is 178 Å². The van der Waals surface area contributed by atoms with Gasteiger partial charge in [-0.1, -0.05) is 127 Å². The maximum Gasteiger partial charge on any atom is 4.00 e. The largest absolute Gasteiger partial charge is 4.00 e. The third-order valence-corrected chi connectivity index (χ3v) is 8.58. The quantitative estimate of drug-likeness (QED) is 0.123. The molecule has 0 nitrogen and oxygen atoms in total. The van der Waals surface area contributed by atoms with Gasteiger partial charge in [0, 0.05) is 0 Å². The van der Waals surface area contributed by atoms with Crippen LogP contribution >= 0.6 is 24.8 Å². The van der Waals surface area contributed by atoms with Crippen LogP contribution in [0.5, 0.6) is 0 Å². The number of benzene rings is 4. The number of rotatable bonds is 4. The van der Waals surface area contributed by atoms with Gasteiger partial charge in [0.2, 0.25) is 0 Å². The summed E-state index contributed by atoms with van der Waals surface area (Å²) in [6.45, 7) is 24.8. The van der Waals surface area contributed by atoms with Crippen LogP contribution in [-0.2, 0) is 49.5 Å². The molecule has 0 N–H and O–H groups in total. The molecular formula is C45H54Cl2Hf. The molecule has 252 valence electrons. The van der Waals surface area contributed by atoms with E-state index in [9.17, 15) is 0 Å². The minimum absolute atomic E-state index is 0. The van der Waals surface area contributed by atoms with Gasteiger partial charge in [-0.2, -0.15) is 12.1 Å². The average Bonchev–Trinajstić information content (AvgIpc) is 3.67. The van der Waals surface area contributed by atoms with Gasteiger partial charge in [0.15, 0.2) is 0 Å². The average molecular weight is 844 g/mol. The number of halogens is 2. The third kappa shape index (κ3) is 10.8. The van der Waals surface area contributed by atoms with Gasteiger partial charge in [0.1, 0.15) is 0 Å². The molecular weight excluding hydrogens is 790 g/mol. The normalized spacial score (nSPS) is 10.9. The van der Waals surface area contributed by atoms with Crippen LogP contribution in [0.25, 0.3) is 43.8 Å². The topological polar surface area (TPSA) is 0 Å². The van der Waals surface area contributed by atoms with E-state index in [1.54, 1.807) is 0 Å². The van der Waals surface area contributed by atoms with Crippen molar-refractivity contribution < 1.29 is 25.8 Å². The van der Waals surface area contributed by atoms with E-state index in [0.717, 1.165) is 19.3 Å². The Morgan fingerprint density at radius 1 is 0.521 bits per heavy atom. The van der Waals surface area contributed by atoms with Crippen molar-refractivity contribution in [1.82, 2.24) is 0 Å². The van der Waals surface area contributed by atoms with Crippen LogP contribution in [0.3, 0.4) is 0 Å². The molecule has 0 fully saturated rings. The second-order valence-corrected chi connectivity index (χ2v) is 14.1. The molecule has 0 aliphatic carbocycles. The summed E-state index contributed by atoms with van der Waals surface area (Å²) in [4.78, 5) is 0. The molecule has 0 spiro atoms. The number of fused-ring (bicyclic) bond motifs is 2. The van der Waals surface area contributed by atoms with E-state index in [-0.39, 0.29) is 61.5 Å². The van der Waals surface area contributed by atoms with Gasteiger partial charge in [-0.15, -0.1) is 93.9 Å². The van der Waals surface area contributed by atoms with Crippen LogP contribution in [0.1, 0.15) is 84.1 Å². The first kappa shape index (κ1) is 43.6. The molecule has 6 rings (SSSR count). The van der Waals surface area contributed by atoms with Crippen molar-refractivity contribution in [3.05, 3.63) is 145 Å². The fraction of sp³-hybridized carbons (Fsp3) is 0.289. The smallest absolute Gasteiger partial charge is 0.372 e. The Kier molecular flexibility index (Phi) is 17.3. The summed E-state index contributed by atoms with van der Waals surface area (Å²) < 4.78 is 0. The molecule has 0 unspecified atom stereocenters. The standard InChI is InChI=1S/2C21H23.C3H6.2ClH.Hf/c2*1-5-15-9-11-16(12-10-15)19-8-6-7-17-13-18(14-20(17)19)21(2,3)4;1-3-2;;;/h2*6-14H,5H2,1-4H3;1-3H2;2*1H;/q2*-1;-2;;;+4. The van der Waals surface area contributed by atoms with E-state index in [0.29, 0.717) is 0 Å². The molecule has 6 aromatic rings. The first-order valence-corrected chi connectivity index (χ1v) is 16.6. The molecule has 3 heteroatoms. The van der Waals surface area contributed by atoms with Crippen molar-refractivity contribution in [2.75, 3.05) is 0 Å². The maximum absolute atomic E-state index is 3.38. The first-order chi connectivity index (χ1) is 21.4. The molecule has 0 amide bonds. The Labute approximate surface area is 323 Å². The van der Waals surface area contributed by atoms with Crippen molar-refractivity contribution in [2.45, 2.75) is 85.5 Å². The molecule has 48 heavy (non-hydrogen) atoms. The van der Waals surface area contributed by atoms with Crippen LogP contribution in [0.15, 0.2) is 109 Å². The van der Waals surface area contributed by atoms with Gasteiger partial charge in [-0.05, 0) is 45.9 Å². The SMILES string of the molecule is CCc1ccc(-c2cccc3[cH-]c(C(C)(C)C)cc23)cc1.CCc1ccc(-c2cccc3[cH-]c(C(C)(C)C)cc23)cc1.Cl.Cl.[CH2-]C[CH2-].[Hf+4]. The number of hydrogen-bond acceptors (Lipinski definition) is 0. The molecule has 0 radical (unpaired) electrons. The Hall–Kier alpha value is -2.45. The number of aryl methyl sites for hydroxylation is 2. The van der Waals surface area contributed by atoms with Crippen LogP contribution in [0.4, 0.5) is 0 Å². The summed E-state index contributed by atoms with van der Waals surface area (Å²) in [5.41, 5.74) is 11.3. The summed E-state index contributed by atoms with van der Waals surface area (Å²) >= 11 is 0. The summed E-state index contributed by atoms with van der Waals surface area (Å²) in [5, 5.41) is 5.42. The minimum atomic E-state index is 0. The minimum Gasteiger partial charge on any atom is -0.372 e. The van der Waals surface area contributed by atoms with Crippen molar-refractivity contribution >= 4 is 46.4 Å². The Bertz CT molecular complexity index is 1670. The third-order valence-electron chi connectivity index (χ3n) is 8.58. The van der Waals surface area contributed by atoms with E-state index >= 15 is 0 Å². The monoisotopic (exact) mass is 844 g/mol. The molecule has 0 saturated heterocycles. The second kappa shape index (κ2) is 19.1. The van der Waals surface area contributed by atoms with Crippen LogP contribution in [0, 0.1) is 13.8 Å².